The smallest absolute Gasteiger partial charge is 0.268 e. The molecule has 0 saturated heterocycles. The molecule has 0 unspecified atom stereocenters. The molecule has 0 radical (unpaired) electrons. The molecule has 158 valence electrons. The zero-order valence-electron chi connectivity index (χ0n) is 16.2. The van der Waals surface area contributed by atoms with Crippen LogP contribution in [0.3, 0.4) is 0 Å². The summed E-state index contributed by atoms with van der Waals surface area (Å²) in [6.07, 6.45) is 0. The first kappa shape index (κ1) is 21.0. The van der Waals surface area contributed by atoms with Crippen molar-refractivity contribution in [3.05, 3.63) is 82.6 Å². The van der Waals surface area contributed by atoms with E-state index in [1.165, 1.54) is 36.4 Å². The molecule has 0 atom stereocenters. The van der Waals surface area contributed by atoms with Crippen LogP contribution >= 0.6 is 11.6 Å². The maximum atomic E-state index is 13.9. The van der Waals surface area contributed by atoms with Crippen LogP contribution in [-0.2, 0) is 10.0 Å². The Bertz CT molecular complexity index is 1320. The number of benzene rings is 3. The monoisotopic (exact) mass is 458 g/mol. The van der Waals surface area contributed by atoms with Gasteiger partial charge in [-0.3, -0.25) is 9.59 Å². The number of anilines is 1. The van der Waals surface area contributed by atoms with Gasteiger partial charge in [0.15, 0.2) is 0 Å². The summed E-state index contributed by atoms with van der Waals surface area (Å²) >= 11 is 5.91. The van der Waals surface area contributed by atoms with E-state index in [-0.39, 0.29) is 22.6 Å². The molecule has 3 aromatic rings. The predicted molar refractivity (Wildman–Crippen MR) is 115 cm³/mol. The molecule has 1 N–H and O–H groups in total. The fourth-order valence-corrected chi connectivity index (χ4v) is 5.15. The average molecular weight is 459 g/mol. The topological polar surface area (TPSA) is 83.6 Å². The molecule has 4 rings (SSSR count). The summed E-state index contributed by atoms with van der Waals surface area (Å²) < 4.78 is 39.8. The maximum Gasteiger partial charge on any atom is 0.268 e. The lowest BCUT2D eigenvalue weighted by Gasteiger charge is -2.12. The van der Waals surface area contributed by atoms with E-state index < -0.39 is 27.7 Å². The van der Waals surface area contributed by atoms with Crippen LogP contribution in [-0.4, -0.2) is 31.1 Å². The number of nitrogens with one attached hydrogen (secondary N) is 1. The largest absolute Gasteiger partial charge is 0.321 e. The Hall–Kier alpha value is -3.23. The van der Waals surface area contributed by atoms with E-state index in [9.17, 15) is 22.4 Å². The molecule has 0 spiro atoms. The van der Waals surface area contributed by atoms with Gasteiger partial charge < -0.3 is 5.32 Å². The van der Waals surface area contributed by atoms with Crippen LogP contribution in [0.5, 0.6) is 0 Å². The van der Waals surface area contributed by atoms with Gasteiger partial charge in [-0.25, -0.2) is 17.1 Å². The number of amides is 2. The third kappa shape index (κ3) is 3.68. The normalized spacial score (nSPS) is 14.4. The second-order valence-corrected chi connectivity index (χ2v) is 9.10. The fourth-order valence-electron chi connectivity index (χ4n) is 3.42. The Balaban J connectivity index is 1.70. The van der Waals surface area contributed by atoms with Gasteiger partial charge in [0.2, 0.25) is 0 Å². The highest BCUT2D eigenvalue weighted by atomic mass is 35.5. The van der Waals surface area contributed by atoms with Crippen LogP contribution in [0.2, 0.25) is 5.02 Å². The number of rotatable bonds is 4. The SMILES string of the molecule is CCN1C(=O)c2ccc(C(=O)Nc3ccc(F)cc3-c3ccc(Cl)cc3)cc2S1(=O)=O. The molecular weight excluding hydrogens is 443 g/mol. The van der Waals surface area contributed by atoms with E-state index >= 15 is 0 Å². The minimum atomic E-state index is -3.99. The highest BCUT2D eigenvalue weighted by molar-refractivity contribution is 7.90. The summed E-state index contributed by atoms with van der Waals surface area (Å²) in [4.78, 5) is 24.9. The Morgan fingerprint density at radius 3 is 2.42 bits per heavy atom. The van der Waals surface area contributed by atoms with Gasteiger partial charge in [-0.2, -0.15) is 0 Å². The van der Waals surface area contributed by atoms with Gasteiger partial charge in [-0.1, -0.05) is 23.7 Å². The molecular formula is C22H16ClFN2O4S. The first-order valence-corrected chi connectivity index (χ1v) is 11.1. The number of nitrogens with zero attached hydrogens (tertiary/aromatic N) is 1. The van der Waals surface area contributed by atoms with Crippen LogP contribution in [0.15, 0.2) is 65.6 Å². The van der Waals surface area contributed by atoms with Gasteiger partial charge in [0, 0.05) is 28.4 Å². The number of carbonyl (C=O) groups is 2. The number of hydrogen-bond donors (Lipinski definition) is 1. The highest BCUT2D eigenvalue weighted by Crippen LogP contribution is 2.33. The van der Waals surface area contributed by atoms with Crippen LogP contribution in [0, 0.1) is 5.82 Å². The number of carbonyl (C=O) groups excluding carboxylic acids is 2. The molecule has 3 aromatic carbocycles. The van der Waals surface area contributed by atoms with Crippen molar-refractivity contribution in [1.29, 1.82) is 0 Å². The van der Waals surface area contributed by atoms with E-state index in [1.54, 1.807) is 31.2 Å². The van der Waals surface area contributed by atoms with Crippen molar-refractivity contribution < 1.29 is 22.4 Å². The Labute approximate surface area is 183 Å². The van der Waals surface area contributed by atoms with Crippen LogP contribution < -0.4 is 5.32 Å². The lowest BCUT2D eigenvalue weighted by molar-refractivity contribution is 0.0875. The summed E-state index contributed by atoms with van der Waals surface area (Å²) in [7, 11) is -3.99. The lowest BCUT2D eigenvalue weighted by Crippen LogP contribution is -2.29. The first-order chi connectivity index (χ1) is 14.7. The summed E-state index contributed by atoms with van der Waals surface area (Å²) in [6.45, 7) is 1.55. The molecule has 9 heteroatoms. The molecule has 0 saturated carbocycles. The van der Waals surface area contributed by atoms with E-state index in [0.29, 0.717) is 21.8 Å². The van der Waals surface area contributed by atoms with Crippen LogP contribution in [0.4, 0.5) is 10.1 Å². The van der Waals surface area contributed by atoms with Crippen LogP contribution in [0.25, 0.3) is 11.1 Å². The minimum Gasteiger partial charge on any atom is -0.321 e. The molecule has 31 heavy (non-hydrogen) atoms. The molecule has 6 nitrogen and oxygen atoms in total. The summed E-state index contributed by atoms with van der Waals surface area (Å²) in [5.41, 5.74) is 1.50. The van der Waals surface area contributed by atoms with E-state index in [1.807, 2.05) is 0 Å². The molecule has 0 aliphatic carbocycles. The van der Waals surface area contributed by atoms with Gasteiger partial charge >= 0.3 is 0 Å². The molecule has 0 fully saturated rings. The number of fused-ring (bicyclic) bond motifs is 1. The van der Waals surface area contributed by atoms with Crippen molar-refractivity contribution >= 4 is 39.1 Å². The predicted octanol–water partition coefficient (Wildman–Crippen LogP) is 4.56. The molecule has 1 aliphatic rings. The quantitative estimate of drug-likeness (QED) is 0.621. The van der Waals surface area contributed by atoms with Gasteiger partial charge in [-0.15, -0.1) is 0 Å². The number of sulfonamides is 1. The van der Waals surface area contributed by atoms with Crippen molar-refractivity contribution in [3.8, 4) is 11.1 Å². The zero-order valence-corrected chi connectivity index (χ0v) is 17.8. The van der Waals surface area contributed by atoms with Gasteiger partial charge in [0.1, 0.15) is 10.7 Å². The third-order valence-electron chi connectivity index (χ3n) is 4.94. The van der Waals surface area contributed by atoms with Crippen LogP contribution in [0.1, 0.15) is 27.6 Å². The van der Waals surface area contributed by atoms with E-state index in [2.05, 4.69) is 5.32 Å². The summed E-state index contributed by atoms with van der Waals surface area (Å²) in [5.74, 6) is -1.69. The number of hydrogen-bond acceptors (Lipinski definition) is 4. The Morgan fingerprint density at radius 2 is 1.74 bits per heavy atom. The fraction of sp³-hybridized carbons (Fsp3) is 0.0909. The Kier molecular flexibility index (Phi) is 5.28. The minimum absolute atomic E-state index is 0.00257. The highest BCUT2D eigenvalue weighted by Gasteiger charge is 2.40. The summed E-state index contributed by atoms with van der Waals surface area (Å²) in [5, 5.41) is 3.20. The third-order valence-corrected chi connectivity index (χ3v) is 7.09. The van der Waals surface area contributed by atoms with Gasteiger partial charge in [0.05, 0.1) is 5.56 Å². The molecule has 1 aliphatic heterocycles. The first-order valence-electron chi connectivity index (χ1n) is 9.30. The van der Waals surface area contributed by atoms with Crippen molar-refractivity contribution in [2.45, 2.75) is 11.8 Å². The van der Waals surface area contributed by atoms with Gasteiger partial charge in [0.25, 0.3) is 21.8 Å². The van der Waals surface area contributed by atoms with Crippen molar-refractivity contribution in [3.63, 3.8) is 0 Å². The number of halogens is 2. The average Bonchev–Trinajstić information content (AvgIpc) is 2.94. The molecule has 0 aromatic heterocycles. The summed E-state index contributed by atoms with van der Waals surface area (Å²) in [6, 6.07) is 14.5. The second-order valence-electron chi connectivity index (χ2n) is 6.84. The zero-order chi connectivity index (χ0) is 22.3. The van der Waals surface area contributed by atoms with E-state index in [0.717, 1.165) is 4.31 Å². The standard InChI is InChI=1S/C22H16ClFN2O4S/c1-2-26-22(28)17-9-5-14(11-20(17)31(26,29)30)21(27)25-19-10-8-16(24)12-18(19)13-3-6-15(23)7-4-13/h3-12H,2H2,1H3,(H,25,27). The molecule has 0 bridgehead atoms. The molecule has 2 amide bonds. The van der Waals surface area contributed by atoms with E-state index in [4.69, 9.17) is 11.6 Å². The lowest BCUT2D eigenvalue weighted by atomic mass is 10.0. The maximum absolute atomic E-state index is 13.9. The molecule has 1 heterocycles. The van der Waals surface area contributed by atoms with Crippen molar-refractivity contribution in [1.82, 2.24) is 4.31 Å². The van der Waals surface area contributed by atoms with Gasteiger partial charge in [-0.05, 0) is 61.0 Å². The van der Waals surface area contributed by atoms with Crippen molar-refractivity contribution in [2.75, 3.05) is 11.9 Å². The second kappa shape index (κ2) is 7.79. The van der Waals surface area contributed by atoms with Crippen molar-refractivity contribution in [2.24, 2.45) is 0 Å². The Morgan fingerprint density at radius 1 is 1.03 bits per heavy atom.